The summed E-state index contributed by atoms with van der Waals surface area (Å²) in [4.78, 5) is 12.1. The number of benzene rings is 1. The van der Waals surface area contributed by atoms with Gasteiger partial charge >= 0.3 is 6.18 Å². The van der Waals surface area contributed by atoms with Gasteiger partial charge in [-0.15, -0.1) is 0 Å². The first-order valence-electron chi connectivity index (χ1n) is 7.47. The predicted molar refractivity (Wildman–Crippen MR) is 77.4 cm³/mol. The van der Waals surface area contributed by atoms with Gasteiger partial charge in [0.2, 0.25) is 5.91 Å². The normalized spacial score (nSPS) is 22.4. The molecule has 1 amide bonds. The molecule has 22 heavy (non-hydrogen) atoms. The Kier molecular flexibility index (Phi) is 5.45. The highest BCUT2D eigenvalue weighted by Crippen LogP contribution is 2.40. The third kappa shape index (κ3) is 4.47. The maximum Gasteiger partial charge on any atom is 0.391 e. The fourth-order valence-electron chi connectivity index (χ4n) is 2.85. The van der Waals surface area contributed by atoms with Gasteiger partial charge in [-0.05, 0) is 43.4 Å². The molecule has 122 valence electrons. The average Bonchev–Trinajstić information content (AvgIpc) is 2.49. The number of carbonyl (C=O) groups excluding carboxylic acids is 1. The fourth-order valence-corrected chi connectivity index (χ4v) is 2.85. The van der Waals surface area contributed by atoms with E-state index in [1.165, 1.54) is 0 Å². The van der Waals surface area contributed by atoms with Crippen LogP contribution in [0.15, 0.2) is 24.3 Å². The molecule has 2 atom stereocenters. The van der Waals surface area contributed by atoms with Crippen LogP contribution in [0, 0.1) is 11.8 Å². The van der Waals surface area contributed by atoms with Crippen LogP contribution in [0.5, 0.6) is 0 Å². The van der Waals surface area contributed by atoms with Gasteiger partial charge in [-0.2, -0.15) is 13.2 Å². The summed E-state index contributed by atoms with van der Waals surface area (Å²) >= 11 is 0. The van der Waals surface area contributed by atoms with Crippen molar-refractivity contribution in [2.75, 3.05) is 11.9 Å². The zero-order valence-electron chi connectivity index (χ0n) is 12.2. The first-order chi connectivity index (χ1) is 10.4. The number of carbonyl (C=O) groups is 1. The van der Waals surface area contributed by atoms with E-state index >= 15 is 0 Å². The van der Waals surface area contributed by atoms with Crippen molar-refractivity contribution in [1.82, 2.24) is 0 Å². The van der Waals surface area contributed by atoms with E-state index in [-0.39, 0.29) is 25.4 Å². The van der Waals surface area contributed by atoms with Crippen molar-refractivity contribution in [1.29, 1.82) is 0 Å². The molecule has 2 N–H and O–H groups in total. The number of hydrogen-bond acceptors (Lipinski definition) is 2. The minimum Gasteiger partial charge on any atom is -0.396 e. The van der Waals surface area contributed by atoms with Gasteiger partial charge in [-0.3, -0.25) is 4.79 Å². The van der Waals surface area contributed by atoms with Crippen molar-refractivity contribution >= 4 is 11.6 Å². The fraction of sp³-hybridized carbons (Fsp3) is 0.562. The molecule has 0 heterocycles. The molecule has 6 heteroatoms. The summed E-state index contributed by atoms with van der Waals surface area (Å²) < 4.78 is 38.3. The first-order valence-corrected chi connectivity index (χ1v) is 7.47. The van der Waals surface area contributed by atoms with E-state index in [1.54, 1.807) is 24.3 Å². The maximum atomic E-state index is 12.8. The summed E-state index contributed by atoms with van der Waals surface area (Å²) in [5, 5.41) is 11.5. The van der Waals surface area contributed by atoms with Crippen LogP contribution in [0.2, 0.25) is 0 Å². The van der Waals surface area contributed by atoms with E-state index in [4.69, 9.17) is 5.11 Å². The molecule has 2 rings (SSSR count). The van der Waals surface area contributed by atoms with E-state index in [9.17, 15) is 18.0 Å². The Labute approximate surface area is 127 Å². The van der Waals surface area contributed by atoms with E-state index < -0.39 is 18.0 Å². The Balaban J connectivity index is 1.93. The smallest absolute Gasteiger partial charge is 0.391 e. The van der Waals surface area contributed by atoms with Crippen LogP contribution in [0.25, 0.3) is 0 Å². The Hall–Kier alpha value is -1.56. The molecule has 1 aliphatic carbocycles. The molecule has 1 aromatic carbocycles. The predicted octanol–water partition coefficient (Wildman–Crippen LogP) is 3.53. The maximum absolute atomic E-state index is 12.8. The number of aliphatic hydroxyl groups is 1. The number of alkyl halides is 3. The molecular weight excluding hydrogens is 295 g/mol. The highest BCUT2D eigenvalue weighted by Gasteiger charge is 2.43. The van der Waals surface area contributed by atoms with Crippen molar-refractivity contribution in [2.45, 2.75) is 38.3 Å². The number of rotatable bonds is 4. The molecule has 0 aromatic heterocycles. The van der Waals surface area contributed by atoms with E-state index in [0.29, 0.717) is 24.9 Å². The number of anilines is 1. The highest BCUT2D eigenvalue weighted by molar-refractivity contribution is 5.92. The van der Waals surface area contributed by atoms with Gasteiger partial charge in [0.05, 0.1) is 5.92 Å². The number of nitrogens with one attached hydrogen (secondary N) is 1. The van der Waals surface area contributed by atoms with Gasteiger partial charge in [0.25, 0.3) is 0 Å². The monoisotopic (exact) mass is 315 g/mol. The lowest BCUT2D eigenvalue weighted by molar-refractivity contribution is -0.185. The molecule has 1 aromatic rings. The highest BCUT2D eigenvalue weighted by atomic mass is 19.4. The van der Waals surface area contributed by atoms with Crippen molar-refractivity contribution < 1.29 is 23.1 Å². The summed E-state index contributed by atoms with van der Waals surface area (Å²) in [7, 11) is 0. The lowest BCUT2D eigenvalue weighted by Crippen LogP contribution is -2.34. The van der Waals surface area contributed by atoms with Crippen LogP contribution < -0.4 is 5.32 Å². The second-order valence-corrected chi connectivity index (χ2v) is 5.76. The Morgan fingerprint density at radius 1 is 1.23 bits per heavy atom. The minimum atomic E-state index is -4.22. The van der Waals surface area contributed by atoms with Gasteiger partial charge < -0.3 is 10.4 Å². The zero-order valence-corrected chi connectivity index (χ0v) is 12.2. The summed E-state index contributed by atoms with van der Waals surface area (Å²) in [6.45, 7) is 0.0482. The minimum absolute atomic E-state index is 0.0482. The van der Waals surface area contributed by atoms with Gasteiger partial charge in [0.15, 0.2) is 0 Å². The Morgan fingerprint density at radius 3 is 2.50 bits per heavy atom. The molecule has 3 nitrogen and oxygen atoms in total. The van der Waals surface area contributed by atoms with Crippen LogP contribution in [-0.2, 0) is 11.2 Å². The van der Waals surface area contributed by atoms with Crippen molar-refractivity contribution in [3.8, 4) is 0 Å². The van der Waals surface area contributed by atoms with Crippen LogP contribution >= 0.6 is 0 Å². The standard InChI is InChI=1S/C16H20F3NO2/c17-16(18,19)13-3-1-2-12(10-13)15(22)20-14-6-4-11(5-7-14)8-9-21/h4-7,12-13,21H,1-3,8-10H2,(H,20,22)/t12-,13+/m0/s1. The van der Waals surface area contributed by atoms with Gasteiger partial charge in [-0.1, -0.05) is 18.6 Å². The Morgan fingerprint density at radius 2 is 1.91 bits per heavy atom. The van der Waals surface area contributed by atoms with E-state index in [2.05, 4.69) is 5.32 Å². The van der Waals surface area contributed by atoms with Crippen LogP contribution in [0.4, 0.5) is 18.9 Å². The second-order valence-electron chi connectivity index (χ2n) is 5.76. The van der Waals surface area contributed by atoms with Crippen molar-refractivity contribution in [2.24, 2.45) is 11.8 Å². The summed E-state index contributed by atoms with van der Waals surface area (Å²) in [5.74, 6) is -2.30. The molecular formula is C16H20F3NO2. The molecule has 0 bridgehead atoms. The van der Waals surface area contributed by atoms with Crippen molar-refractivity contribution in [3.63, 3.8) is 0 Å². The molecule has 0 saturated heterocycles. The SMILES string of the molecule is O=C(Nc1ccc(CCO)cc1)[C@H]1CCC[C@@H](C(F)(F)F)C1. The summed E-state index contributed by atoms with van der Waals surface area (Å²) in [6.07, 6.45) is -2.77. The quantitative estimate of drug-likeness (QED) is 0.893. The van der Waals surface area contributed by atoms with Crippen LogP contribution in [0.1, 0.15) is 31.2 Å². The second kappa shape index (κ2) is 7.13. The molecule has 0 spiro atoms. The lowest BCUT2D eigenvalue weighted by Gasteiger charge is -2.29. The summed E-state index contributed by atoms with van der Waals surface area (Å²) in [5.41, 5.74) is 1.51. The molecule has 0 aliphatic heterocycles. The lowest BCUT2D eigenvalue weighted by atomic mass is 9.80. The Bertz CT molecular complexity index is 499. The van der Waals surface area contributed by atoms with Gasteiger partial charge in [0, 0.05) is 18.2 Å². The number of hydrogen-bond donors (Lipinski definition) is 2. The van der Waals surface area contributed by atoms with E-state index in [0.717, 1.165) is 5.56 Å². The number of aliphatic hydroxyl groups excluding tert-OH is 1. The molecule has 1 saturated carbocycles. The van der Waals surface area contributed by atoms with Crippen LogP contribution in [0.3, 0.4) is 0 Å². The summed E-state index contributed by atoms with van der Waals surface area (Å²) in [6, 6.07) is 6.97. The third-order valence-corrected chi connectivity index (χ3v) is 4.13. The molecule has 1 aliphatic rings. The molecule has 0 unspecified atom stereocenters. The molecule has 1 fully saturated rings. The topological polar surface area (TPSA) is 49.3 Å². The number of amides is 1. The first kappa shape index (κ1) is 16.8. The van der Waals surface area contributed by atoms with Gasteiger partial charge in [-0.25, -0.2) is 0 Å². The van der Waals surface area contributed by atoms with E-state index in [1.807, 2.05) is 0 Å². The van der Waals surface area contributed by atoms with Gasteiger partial charge in [0.1, 0.15) is 0 Å². The third-order valence-electron chi connectivity index (χ3n) is 4.13. The van der Waals surface area contributed by atoms with Crippen molar-refractivity contribution in [3.05, 3.63) is 29.8 Å². The number of halogens is 3. The average molecular weight is 315 g/mol. The van der Waals surface area contributed by atoms with Crippen LogP contribution in [-0.4, -0.2) is 23.8 Å². The largest absolute Gasteiger partial charge is 0.396 e. The molecule has 0 radical (unpaired) electrons. The zero-order chi connectivity index (χ0) is 16.2.